The summed E-state index contributed by atoms with van der Waals surface area (Å²) in [4.78, 5) is 13.8. The summed E-state index contributed by atoms with van der Waals surface area (Å²) in [6.07, 6.45) is 5.87. The Morgan fingerprint density at radius 3 is 2.64 bits per heavy atom. The minimum absolute atomic E-state index is 0.453. The van der Waals surface area contributed by atoms with Crippen molar-refractivity contribution in [2.45, 2.75) is 18.9 Å². The number of piperidine rings is 1. The molecule has 4 rings (SSSR count). The predicted octanol–water partition coefficient (Wildman–Crippen LogP) is 0.503. The zero-order chi connectivity index (χ0) is 14.9. The molecule has 0 bridgehead atoms. The van der Waals surface area contributed by atoms with Gasteiger partial charge in [0.2, 0.25) is 0 Å². The van der Waals surface area contributed by atoms with Gasteiger partial charge in [-0.1, -0.05) is 0 Å². The number of aromatic nitrogens is 4. The van der Waals surface area contributed by atoms with E-state index in [0.29, 0.717) is 6.04 Å². The lowest BCUT2D eigenvalue weighted by molar-refractivity contribution is 0.312. The number of piperazine rings is 1. The van der Waals surface area contributed by atoms with Gasteiger partial charge in [0.15, 0.2) is 5.65 Å². The summed E-state index contributed by atoms with van der Waals surface area (Å²) in [6.45, 7) is 6.30. The second-order valence-corrected chi connectivity index (χ2v) is 6.30. The Balaban J connectivity index is 1.67. The van der Waals surface area contributed by atoms with Crippen LogP contribution in [-0.2, 0) is 0 Å². The normalized spacial score (nSPS) is 21.6. The standard InChI is InChI=1S/C15H23N7/c1-20-6-8-21(9-7-20)14-13-10-19-22(15(13)18-11-17-14)12-2-4-16-5-3-12/h10-12,16H,2-9H2,1H3. The summed E-state index contributed by atoms with van der Waals surface area (Å²) in [5.74, 6) is 1.04. The van der Waals surface area contributed by atoms with Crippen molar-refractivity contribution in [2.24, 2.45) is 0 Å². The highest BCUT2D eigenvalue weighted by atomic mass is 15.3. The molecule has 2 fully saturated rings. The summed E-state index contributed by atoms with van der Waals surface area (Å²) < 4.78 is 2.11. The molecular weight excluding hydrogens is 278 g/mol. The number of anilines is 1. The third kappa shape index (κ3) is 2.44. The third-order valence-corrected chi connectivity index (χ3v) is 4.83. The SMILES string of the molecule is CN1CCN(c2ncnc3c2cnn3C2CCNCC2)CC1. The molecule has 0 amide bonds. The number of likely N-dealkylation sites (N-methyl/N-ethyl adjacent to an activating group) is 1. The van der Waals surface area contributed by atoms with E-state index in [4.69, 9.17) is 0 Å². The predicted molar refractivity (Wildman–Crippen MR) is 86.2 cm³/mol. The van der Waals surface area contributed by atoms with E-state index in [0.717, 1.165) is 69.0 Å². The van der Waals surface area contributed by atoms with Gasteiger partial charge in [-0.3, -0.25) is 0 Å². The topological polar surface area (TPSA) is 62.1 Å². The maximum Gasteiger partial charge on any atom is 0.163 e. The van der Waals surface area contributed by atoms with Crippen molar-refractivity contribution in [1.82, 2.24) is 30.0 Å². The van der Waals surface area contributed by atoms with Crippen LogP contribution in [0.2, 0.25) is 0 Å². The highest BCUT2D eigenvalue weighted by Crippen LogP contribution is 2.27. The van der Waals surface area contributed by atoms with Crippen LogP contribution in [0.25, 0.3) is 11.0 Å². The molecule has 2 aliphatic heterocycles. The minimum atomic E-state index is 0.453. The minimum Gasteiger partial charge on any atom is -0.353 e. The van der Waals surface area contributed by atoms with Crippen molar-refractivity contribution in [2.75, 3.05) is 51.2 Å². The number of fused-ring (bicyclic) bond motifs is 1. The average Bonchev–Trinajstić information content (AvgIpc) is 3.00. The lowest BCUT2D eigenvalue weighted by atomic mass is 10.1. The van der Waals surface area contributed by atoms with E-state index >= 15 is 0 Å². The van der Waals surface area contributed by atoms with Crippen LogP contribution in [0, 0.1) is 0 Å². The molecular formula is C15H23N7. The molecule has 4 heterocycles. The van der Waals surface area contributed by atoms with Crippen LogP contribution in [0.1, 0.15) is 18.9 Å². The number of hydrogen-bond donors (Lipinski definition) is 1. The number of rotatable bonds is 2. The summed E-state index contributed by atoms with van der Waals surface area (Å²) in [5, 5.41) is 9.13. The van der Waals surface area contributed by atoms with Crippen LogP contribution < -0.4 is 10.2 Å². The van der Waals surface area contributed by atoms with Gasteiger partial charge in [-0.15, -0.1) is 0 Å². The fraction of sp³-hybridized carbons (Fsp3) is 0.667. The van der Waals surface area contributed by atoms with Gasteiger partial charge in [0.25, 0.3) is 0 Å². The number of nitrogens with zero attached hydrogens (tertiary/aromatic N) is 6. The maximum atomic E-state index is 4.64. The third-order valence-electron chi connectivity index (χ3n) is 4.83. The molecule has 2 saturated heterocycles. The molecule has 2 aliphatic rings. The molecule has 2 aromatic rings. The Bertz CT molecular complexity index is 638. The smallest absolute Gasteiger partial charge is 0.163 e. The molecule has 0 radical (unpaired) electrons. The monoisotopic (exact) mass is 301 g/mol. The highest BCUT2D eigenvalue weighted by molar-refractivity contribution is 5.86. The lowest BCUT2D eigenvalue weighted by Crippen LogP contribution is -2.44. The second-order valence-electron chi connectivity index (χ2n) is 6.30. The summed E-state index contributed by atoms with van der Waals surface area (Å²) in [5.41, 5.74) is 0.982. The van der Waals surface area contributed by atoms with Crippen molar-refractivity contribution in [3.63, 3.8) is 0 Å². The quantitative estimate of drug-likeness (QED) is 0.872. The molecule has 0 aliphatic carbocycles. The Morgan fingerprint density at radius 2 is 1.86 bits per heavy atom. The molecule has 0 saturated carbocycles. The van der Waals surface area contributed by atoms with Gasteiger partial charge in [0, 0.05) is 26.2 Å². The Hall–Kier alpha value is -1.73. The first-order chi connectivity index (χ1) is 10.8. The average molecular weight is 301 g/mol. The van der Waals surface area contributed by atoms with E-state index in [2.05, 4.69) is 41.9 Å². The molecule has 7 heteroatoms. The molecule has 0 aromatic carbocycles. The largest absolute Gasteiger partial charge is 0.353 e. The zero-order valence-corrected chi connectivity index (χ0v) is 13.1. The van der Waals surface area contributed by atoms with Crippen molar-refractivity contribution in [3.8, 4) is 0 Å². The molecule has 0 atom stereocenters. The van der Waals surface area contributed by atoms with Gasteiger partial charge < -0.3 is 15.1 Å². The van der Waals surface area contributed by atoms with E-state index in [1.165, 1.54) is 0 Å². The molecule has 0 spiro atoms. The Kier molecular flexibility index (Phi) is 3.67. The highest BCUT2D eigenvalue weighted by Gasteiger charge is 2.22. The molecule has 2 aromatic heterocycles. The first-order valence-corrected chi connectivity index (χ1v) is 8.15. The first-order valence-electron chi connectivity index (χ1n) is 8.15. The van der Waals surface area contributed by atoms with Gasteiger partial charge in [0.05, 0.1) is 17.6 Å². The lowest BCUT2D eigenvalue weighted by Gasteiger charge is -2.33. The van der Waals surface area contributed by atoms with Crippen LogP contribution >= 0.6 is 0 Å². The van der Waals surface area contributed by atoms with E-state index in [9.17, 15) is 0 Å². The number of hydrogen-bond acceptors (Lipinski definition) is 6. The Labute approximate surface area is 130 Å². The maximum absolute atomic E-state index is 4.64. The fourth-order valence-electron chi connectivity index (χ4n) is 3.44. The van der Waals surface area contributed by atoms with E-state index in [1.807, 2.05) is 6.20 Å². The van der Waals surface area contributed by atoms with Crippen LogP contribution in [0.5, 0.6) is 0 Å². The van der Waals surface area contributed by atoms with Crippen LogP contribution in [0.3, 0.4) is 0 Å². The molecule has 0 unspecified atom stereocenters. The molecule has 22 heavy (non-hydrogen) atoms. The van der Waals surface area contributed by atoms with E-state index in [-0.39, 0.29) is 0 Å². The fourth-order valence-corrected chi connectivity index (χ4v) is 3.44. The van der Waals surface area contributed by atoms with Crippen LogP contribution in [0.4, 0.5) is 5.82 Å². The first kappa shape index (κ1) is 13.9. The Morgan fingerprint density at radius 1 is 1.09 bits per heavy atom. The van der Waals surface area contributed by atoms with Gasteiger partial charge >= 0.3 is 0 Å². The van der Waals surface area contributed by atoms with Crippen molar-refractivity contribution >= 4 is 16.9 Å². The van der Waals surface area contributed by atoms with Gasteiger partial charge in [-0.2, -0.15) is 5.10 Å². The van der Waals surface area contributed by atoms with Gasteiger partial charge in [-0.05, 0) is 33.0 Å². The van der Waals surface area contributed by atoms with Gasteiger partial charge in [-0.25, -0.2) is 14.6 Å². The van der Waals surface area contributed by atoms with Crippen molar-refractivity contribution in [3.05, 3.63) is 12.5 Å². The van der Waals surface area contributed by atoms with E-state index in [1.54, 1.807) is 6.33 Å². The number of nitrogens with one attached hydrogen (secondary N) is 1. The second kappa shape index (κ2) is 5.81. The van der Waals surface area contributed by atoms with E-state index < -0.39 is 0 Å². The summed E-state index contributed by atoms with van der Waals surface area (Å²) in [6, 6.07) is 0.453. The molecule has 118 valence electrons. The van der Waals surface area contributed by atoms with Crippen LogP contribution in [0.15, 0.2) is 12.5 Å². The summed E-state index contributed by atoms with van der Waals surface area (Å²) >= 11 is 0. The zero-order valence-electron chi connectivity index (χ0n) is 13.1. The molecule has 7 nitrogen and oxygen atoms in total. The summed E-state index contributed by atoms with van der Waals surface area (Å²) in [7, 11) is 2.17. The van der Waals surface area contributed by atoms with Crippen LogP contribution in [-0.4, -0.2) is 71.0 Å². The van der Waals surface area contributed by atoms with Crippen molar-refractivity contribution < 1.29 is 0 Å². The molecule has 1 N–H and O–H groups in total. The van der Waals surface area contributed by atoms with Gasteiger partial charge in [0.1, 0.15) is 12.1 Å². The van der Waals surface area contributed by atoms with Crippen molar-refractivity contribution in [1.29, 1.82) is 0 Å².